The highest BCUT2D eigenvalue weighted by molar-refractivity contribution is 7.91. The summed E-state index contributed by atoms with van der Waals surface area (Å²) in [5.74, 6) is -0.744. The molecule has 1 aromatic carbocycles. The van der Waals surface area contributed by atoms with Crippen molar-refractivity contribution in [3.63, 3.8) is 0 Å². The van der Waals surface area contributed by atoms with Gasteiger partial charge in [-0.3, -0.25) is 0 Å². The van der Waals surface area contributed by atoms with Gasteiger partial charge >= 0.3 is 5.97 Å². The molecule has 0 bridgehead atoms. The molecule has 0 saturated heterocycles. The van der Waals surface area contributed by atoms with Crippen molar-refractivity contribution in [1.82, 2.24) is 4.57 Å². The summed E-state index contributed by atoms with van der Waals surface area (Å²) in [7, 11) is -3.00. The normalized spacial score (nSPS) is 11.8. The van der Waals surface area contributed by atoms with Crippen LogP contribution in [0.3, 0.4) is 0 Å². The predicted molar refractivity (Wildman–Crippen MR) is 73.2 cm³/mol. The Hall–Kier alpha value is -1.82. The number of benzene rings is 1. The van der Waals surface area contributed by atoms with Crippen LogP contribution in [-0.2, 0) is 16.4 Å². The van der Waals surface area contributed by atoms with Gasteiger partial charge in [0.1, 0.15) is 0 Å². The molecule has 6 heteroatoms. The highest BCUT2D eigenvalue weighted by Gasteiger charge is 2.10. The molecule has 0 atom stereocenters. The van der Waals surface area contributed by atoms with Gasteiger partial charge in [-0.25, -0.2) is 13.2 Å². The molecule has 0 aliphatic carbocycles. The van der Waals surface area contributed by atoms with Crippen LogP contribution in [0.4, 0.5) is 0 Å². The molecule has 0 amide bonds. The number of aryl methyl sites for hydroxylation is 1. The van der Waals surface area contributed by atoms with Crippen LogP contribution in [0.15, 0.2) is 30.5 Å². The molecule has 1 N–H and O–H groups in total. The van der Waals surface area contributed by atoms with Gasteiger partial charge < -0.3 is 9.67 Å². The van der Waals surface area contributed by atoms with E-state index in [0.29, 0.717) is 6.54 Å². The SMILES string of the molecule is CCS(=O)(=O)CCn1ccc2cc(C(=O)O)ccc21. The van der Waals surface area contributed by atoms with E-state index in [-0.39, 0.29) is 17.1 Å². The van der Waals surface area contributed by atoms with Crippen molar-refractivity contribution in [3.05, 3.63) is 36.0 Å². The Bertz CT molecular complexity index is 715. The van der Waals surface area contributed by atoms with E-state index in [1.54, 1.807) is 31.3 Å². The van der Waals surface area contributed by atoms with Crippen LogP contribution in [0.1, 0.15) is 17.3 Å². The molecule has 0 aliphatic heterocycles. The average molecular weight is 281 g/mol. The molecule has 19 heavy (non-hydrogen) atoms. The van der Waals surface area contributed by atoms with Gasteiger partial charge in [0.15, 0.2) is 9.84 Å². The lowest BCUT2D eigenvalue weighted by molar-refractivity contribution is 0.0697. The van der Waals surface area contributed by atoms with E-state index in [0.717, 1.165) is 10.9 Å². The summed E-state index contributed by atoms with van der Waals surface area (Å²) in [5.41, 5.74) is 1.07. The van der Waals surface area contributed by atoms with Crippen LogP contribution in [0.2, 0.25) is 0 Å². The third-order valence-corrected chi connectivity index (χ3v) is 4.79. The standard InChI is InChI=1S/C13H15NO4S/c1-2-19(17,18)8-7-14-6-5-10-9-11(13(15)16)3-4-12(10)14/h3-6,9H,2,7-8H2,1H3,(H,15,16). The van der Waals surface area contributed by atoms with Gasteiger partial charge in [0.2, 0.25) is 0 Å². The minimum atomic E-state index is -3.00. The maximum absolute atomic E-state index is 11.5. The molecule has 0 aliphatic rings. The number of carboxylic acids is 1. The van der Waals surface area contributed by atoms with Gasteiger partial charge in [0.25, 0.3) is 0 Å². The van der Waals surface area contributed by atoms with E-state index in [4.69, 9.17) is 5.11 Å². The molecule has 0 saturated carbocycles. The molecule has 1 aromatic heterocycles. The molecule has 0 radical (unpaired) electrons. The fourth-order valence-corrected chi connectivity index (χ4v) is 2.67. The molecule has 0 unspecified atom stereocenters. The minimum absolute atomic E-state index is 0.0912. The van der Waals surface area contributed by atoms with Crippen LogP contribution in [0.25, 0.3) is 10.9 Å². The topological polar surface area (TPSA) is 76.4 Å². The number of fused-ring (bicyclic) bond motifs is 1. The average Bonchev–Trinajstić information content (AvgIpc) is 2.78. The Morgan fingerprint density at radius 2 is 2.05 bits per heavy atom. The number of aromatic carboxylic acids is 1. The lowest BCUT2D eigenvalue weighted by atomic mass is 10.1. The summed E-state index contributed by atoms with van der Waals surface area (Å²) in [5, 5.41) is 9.71. The summed E-state index contributed by atoms with van der Waals surface area (Å²) in [6.45, 7) is 2.01. The van der Waals surface area contributed by atoms with Gasteiger partial charge in [-0.2, -0.15) is 0 Å². The first-order chi connectivity index (χ1) is 8.93. The molecule has 0 fully saturated rings. The van der Waals surface area contributed by atoms with E-state index < -0.39 is 15.8 Å². The Labute approximate surface area is 111 Å². The Morgan fingerprint density at radius 1 is 1.32 bits per heavy atom. The van der Waals surface area contributed by atoms with Crippen molar-refractivity contribution in [2.45, 2.75) is 13.5 Å². The number of hydrogen-bond acceptors (Lipinski definition) is 3. The van der Waals surface area contributed by atoms with Crippen LogP contribution in [-0.4, -0.2) is 35.6 Å². The third-order valence-electron chi connectivity index (χ3n) is 3.10. The van der Waals surface area contributed by atoms with E-state index in [1.807, 2.05) is 4.57 Å². The van der Waals surface area contributed by atoms with E-state index in [2.05, 4.69) is 0 Å². The van der Waals surface area contributed by atoms with Crippen molar-refractivity contribution in [1.29, 1.82) is 0 Å². The molecular weight excluding hydrogens is 266 g/mol. The first kappa shape index (κ1) is 13.6. The summed E-state index contributed by atoms with van der Waals surface area (Å²) >= 11 is 0. The number of hydrogen-bond donors (Lipinski definition) is 1. The first-order valence-corrected chi connectivity index (χ1v) is 7.77. The third kappa shape index (κ3) is 2.96. The fraction of sp³-hybridized carbons (Fsp3) is 0.308. The molecule has 1 heterocycles. The van der Waals surface area contributed by atoms with E-state index in [1.165, 1.54) is 6.07 Å². The smallest absolute Gasteiger partial charge is 0.335 e. The van der Waals surface area contributed by atoms with Crippen LogP contribution in [0.5, 0.6) is 0 Å². The number of aromatic nitrogens is 1. The van der Waals surface area contributed by atoms with Crippen molar-refractivity contribution in [2.75, 3.05) is 11.5 Å². The zero-order chi connectivity index (χ0) is 14.0. The zero-order valence-electron chi connectivity index (χ0n) is 10.5. The summed E-state index contributed by atoms with van der Waals surface area (Å²) < 4.78 is 24.8. The number of carbonyl (C=O) groups is 1. The molecular formula is C13H15NO4S. The zero-order valence-corrected chi connectivity index (χ0v) is 11.4. The van der Waals surface area contributed by atoms with E-state index in [9.17, 15) is 13.2 Å². The van der Waals surface area contributed by atoms with Crippen LogP contribution >= 0.6 is 0 Å². The lowest BCUT2D eigenvalue weighted by Gasteiger charge is -2.05. The summed E-state index contributed by atoms with van der Waals surface area (Å²) in [6, 6.07) is 6.61. The number of rotatable bonds is 5. The highest BCUT2D eigenvalue weighted by atomic mass is 32.2. The lowest BCUT2D eigenvalue weighted by Crippen LogP contribution is -2.14. The highest BCUT2D eigenvalue weighted by Crippen LogP contribution is 2.18. The molecule has 2 rings (SSSR count). The maximum Gasteiger partial charge on any atom is 0.335 e. The molecule has 0 spiro atoms. The minimum Gasteiger partial charge on any atom is -0.478 e. The second-order valence-electron chi connectivity index (χ2n) is 4.32. The van der Waals surface area contributed by atoms with Gasteiger partial charge in [0, 0.05) is 29.4 Å². The molecule has 102 valence electrons. The predicted octanol–water partition coefficient (Wildman–Crippen LogP) is 1.77. The monoisotopic (exact) mass is 281 g/mol. The van der Waals surface area contributed by atoms with Crippen molar-refractivity contribution in [3.8, 4) is 0 Å². The van der Waals surface area contributed by atoms with Gasteiger partial charge in [-0.15, -0.1) is 0 Å². The summed E-state index contributed by atoms with van der Waals surface area (Å²) in [4.78, 5) is 10.9. The Morgan fingerprint density at radius 3 is 2.68 bits per heavy atom. The number of sulfone groups is 1. The van der Waals surface area contributed by atoms with Crippen LogP contribution < -0.4 is 0 Å². The van der Waals surface area contributed by atoms with Gasteiger partial charge in [-0.1, -0.05) is 6.92 Å². The quantitative estimate of drug-likeness (QED) is 0.906. The maximum atomic E-state index is 11.5. The second kappa shape index (κ2) is 5.05. The fourth-order valence-electron chi connectivity index (χ4n) is 1.91. The molecule has 2 aromatic rings. The molecule has 5 nitrogen and oxygen atoms in total. The second-order valence-corrected chi connectivity index (χ2v) is 6.80. The van der Waals surface area contributed by atoms with Crippen molar-refractivity contribution < 1.29 is 18.3 Å². The largest absolute Gasteiger partial charge is 0.478 e. The van der Waals surface area contributed by atoms with Crippen LogP contribution in [0, 0.1) is 0 Å². The number of nitrogens with zero attached hydrogens (tertiary/aromatic N) is 1. The Kier molecular flexibility index (Phi) is 3.61. The van der Waals surface area contributed by atoms with Gasteiger partial charge in [0.05, 0.1) is 11.3 Å². The van der Waals surface area contributed by atoms with E-state index >= 15 is 0 Å². The van der Waals surface area contributed by atoms with Gasteiger partial charge in [-0.05, 0) is 24.3 Å². The van der Waals surface area contributed by atoms with Crippen molar-refractivity contribution in [2.24, 2.45) is 0 Å². The summed E-state index contributed by atoms with van der Waals surface area (Å²) in [6.07, 6.45) is 1.78. The first-order valence-electron chi connectivity index (χ1n) is 5.95. The Balaban J connectivity index is 2.29. The van der Waals surface area contributed by atoms with Crippen molar-refractivity contribution >= 4 is 26.7 Å². The number of carboxylic acid groups (broad SMARTS) is 1.